The number of halogens is 1. The fourth-order valence-electron chi connectivity index (χ4n) is 1.13. The SMILES string of the molecule is CCC(=O)O.Clc1cccc2c1OCCN2. The minimum Gasteiger partial charge on any atom is -0.488 e. The van der Waals surface area contributed by atoms with E-state index in [-0.39, 0.29) is 6.42 Å². The maximum atomic E-state index is 9.37. The van der Waals surface area contributed by atoms with Gasteiger partial charge >= 0.3 is 5.97 Å². The molecular formula is C11H14ClNO3. The molecule has 2 N–H and O–H groups in total. The molecule has 1 aromatic carbocycles. The fraction of sp³-hybridized carbons (Fsp3) is 0.364. The summed E-state index contributed by atoms with van der Waals surface area (Å²) < 4.78 is 5.36. The predicted octanol–water partition coefficient (Wildman–Crippen LogP) is 2.63. The molecule has 5 heteroatoms. The summed E-state index contributed by atoms with van der Waals surface area (Å²) in [7, 11) is 0. The molecule has 1 heterocycles. The molecule has 0 spiro atoms. The number of fused-ring (bicyclic) bond motifs is 1. The molecule has 0 radical (unpaired) electrons. The van der Waals surface area contributed by atoms with Crippen molar-refractivity contribution in [3.63, 3.8) is 0 Å². The molecule has 16 heavy (non-hydrogen) atoms. The van der Waals surface area contributed by atoms with E-state index in [0.29, 0.717) is 11.6 Å². The summed E-state index contributed by atoms with van der Waals surface area (Å²) in [5.74, 6) is 0.0328. The van der Waals surface area contributed by atoms with Gasteiger partial charge in [0.05, 0.1) is 10.7 Å². The third-order valence-corrected chi connectivity index (χ3v) is 2.23. The zero-order valence-corrected chi connectivity index (χ0v) is 9.75. The van der Waals surface area contributed by atoms with Gasteiger partial charge in [-0.25, -0.2) is 0 Å². The van der Waals surface area contributed by atoms with E-state index in [4.69, 9.17) is 21.4 Å². The van der Waals surface area contributed by atoms with E-state index >= 15 is 0 Å². The lowest BCUT2D eigenvalue weighted by atomic mass is 10.2. The minimum absolute atomic E-state index is 0.222. The number of para-hydroxylation sites is 1. The van der Waals surface area contributed by atoms with E-state index in [9.17, 15) is 4.79 Å². The van der Waals surface area contributed by atoms with Gasteiger partial charge in [-0.3, -0.25) is 4.79 Å². The molecule has 1 aliphatic heterocycles. The van der Waals surface area contributed by atoms with E-state index in [1.165, 1.54) is 0 Å². The van der Waals surface area contributed by atoms with E-state index in [1.807, 2.05) is 18.2 Å². The fourth-order valence-corrected chi connectivity index (χ4v) is 1.36. The highest BCUT2D eigenvalue weighted by atomic mass is 35.5. The van der Waals surface area contributed by atoms with Crippen LogP contribution in [-0.4, -0.2) is 24.2 Å². The molecule has 0 aliphatic carbocycles. The lowest BCUT2D eigenvalue weighted by Crippen LogP contribution is -2.17. The number of benzene rings is 1. The van der Waals surface area contributed by atoms with Gasteiger partial charge in [0.15, 0.2) is 5.75 Å². The summed E-state index contributed by atoms with van der Waals surface area (Å²) in [4.78, 5) is 9.37. The minimum atomic E-state index is -0.745. The van der Waals surface area contributed by atoms with Crippen LogP contribution in [0.3, 0.4) is 0 Å². The Bertz CT molecular complexity index is 368. The third kappa shape index (κ3) is 3.62. The van der Waals surface area contributed by atoms with Gasteiger partial charge in [-0.1, -0.05) is 24.6 Å². The van der Waals surface area contributed by atoms with Crippen LogP contribution in [0, 0.1) is 0 Å². The summed E-state index contributed by atoms with van der Waals surface area (Å²) in [6, 6.07) is 5.69. The molecule has 0 amide bonds. The number of hydrogen-bond acceptors (Lipinski definition) is 3. The second-order valence-electron chi connectivity index (χ2n) is 3.14. The van der Waals surface area contributed by atoms with Gasteiger partial charge < -0.3 is 15.2 Å². The average molecular weight is 244 g/mol. The summed E-state index contributed by atoms with van der Waals surface area (Å²) in [6.07, 6.45) is 0.222. The molecule has 4 nitrogen and oxygen atoms in total. The van der Waals surface area contributed by atoms with Crippen LogP contribution in [0.4, 0.5) is 5.69 Å². The second kappa shape index (κ2) is 6.23. The first-order valence-corrected chi connectivity index (χ1v) is 5.40. The average Bonchev–Trinajstić information content (AvgIpc) is 2.30. The maximum absolute atomic E-state index is 9.37. The summed E-state index contributed by atoms with van der Waals surface area (Å²) in [6.45, 7) is 3.15. The molecule has 0 atom stereocenters. The molecule has 2 rings (SSSR count). The number of anilines is 1. The molecule has 0 bridgehead atoms. The Balaban J connectivity index is 0.000000221. The molecule has 0 saturated carbocycles. The Labute approximate surface area is 99.2 Å². The van der Waals surface area contributed by atoms with E-state index in [0.717, 1.165) is 18.0 Å². The summed E-state index contributed by atoms with van der Waals surface area (Å²) in [5.41, 5.74) is 0.990. The smallest absolute Gasteiger partial charge is 0.303 e. The van der Waals surface area contributed by atoms with Gasteiger partial charge in [0.1, 0.15) is 6.61 Å². The largest absolute Gasteiger partial charge is 0.488 e. The molecular weight excluding hydrogens is 230 g/mol. The van der Waals surface area contributed by atoms with Crippen LogP contribution in [0.5, 0.6) is 5.75 Å². The van der Waals surface area contributed by atoms with Crippen molar-refractivity contribution in [1.82, 2.24) is 0 Å². The van der Waals surface area contributed by atoms with E-state index < -0.39 is 5.97 Å². The molecule has 0 aromatic heterocycles. The lowest BCUT2D eigenvalue weighted by Gasteiger charge is -2.19. The zero-order chi connectivity index (χ0) is 12.0. The topological polar surface area (TPSA) is 58.6 Å². The van der Waals surface area contributed by atoms with Crippen molar-refractivity contribution in [1.29, 1.82) is 0 Å². The van der Waals surface area contributed by atoms with Crippen molar-refractivity contribution in [2.45, 2.75) is 13.3 Å². The number of hydrogen-bond donors (Lipinski definition) is 2. The number of carbonyl (C=O) groups is 1. The van der Waals surface area contributed by atoms with Crippen LogP contribution in [0.1, 0.15) is 13.3 Å². The van der Waals surface area contributed by atoms with E-state index in [2.05, 4.69) is 5.32 Å². The third-order valence-electron chi connectivity index (χ3n) is 1.93. The van der Waals surface area contributed by atoms with Crippen molar-refractivity contribution >= 4 is 23.3 Å². The summed E-state index contributed by atoms with van der Waals surface area (Å²) in [5, 5.41) is 11.6. The van der Waals surface area contributed by atoms with Crippen molar-refractivity contribution in [3.05, 3.63) is 23.2 Å². The quantitative estimate of drug-likeness (QED) is 0.796. The number of aliphatic carboxylic acids is 1. The van der Waals surface area contributed by atoms with Gasteiger partial charge in [-0.15, -0.1) is 0 Å². The number of ether oxygens (including phenoxy) is 1. The Hall–Kier alpha value is -1.42. The highest BCUT2D eigenvalue weighted by molar-refractivity contribution is 6.32. The predicted molar refractivity (Wildman–Crippen MR) is 63.4 cm³/mol. The highest BCUT2D eigenvalue weighted by Crippen LogP contribution is 2.34. The zero-order valence-electron chi connectivity index (χ0n) is 9.00. The van der Waals surface area contributed by atoms with Gasteiger partial charge in [0, 0.05) is 13.0 Å². The molecule has 0 saturated heterocycles. The molecule has 88 valence electrons. The van der Waals surface area contributed by atoms with Crippen LogP contribution in [0.2, 0.25) is 5.02 Å². The van der Waals surface area contributed by atoms with Crippen molar-refractivity contribution in [2.24, 2.45) is 0 Å². The molecule has 0 fully saturated rings. The number of nitrogens with one attached hydrogen (secondary N) is 1. The Morgan fingerprint density at radius 1 is 1.62 bits per heavy atom. The van der Waals surface area contributed by atoms with Gasteiger partial charge in [-0.05, 0) is 12.1 Å². The van der Waals surface area contributed by atoms with Crippen molar-refractivity contribution in [2.75, 3.05) is 18.5 Å². The standard InChI is InChI=1S/C8H8ClNO.C3H6O2/c9-6-2-1-3-7-8(6)11-5-4-10-7;1-2-3(4)5/h1-3,10H,4-5H2;2H2,1H3,(H,4,5). The Kier molecular flexibility index (Phi) is 4.92. The van der Waals surface area contributed by atoms with Gasteiger partial charge in [-0.2, -0.15) is 0 Å². The van der Waals surface area contributed by atoms with E-state index in [1.54, 1.807) is 6.92 Å². The monoisotopic (exact) mass is 243 g/mol. The molecule has 0 unspecified atom stereocenters. The van der Waals surface area contributed by atoms with Gasteiger partial charge in [0.2, 0.25) is 0 Å². The first kappa shape index (κ1) is 12.6. The lowest BCUT2D eigenvalue weighted by molar-refractivity contribution is -0.136. The Morgan fingerprint density at radius 2 is 2.31 bits per heavy atom. The maximum Gasteiger partial charge on any atom is 0.303 e. The Morgan fingerprint density at radius 3 is 2.88 bits per heavy atom. The van der Waals surface area contributed by atoms with Crippen LogP contribution >= 0.6 is 11.6 Å². The molecule has 1 aromatic rings. The first-order valence-electron chi connectivity index (χ1n) is 5.02. The summed E-state index contributed by atoms with van der Waals surface area (Å²) >= 11 is 5.88. The van der Waals surface area contributed by atoms with Crippen LogP contribution in [0.15, 0.2) is 18.2 Å². The van der Waals surface area contributed by atoms with Crippen molar-refractivity contribution in [3.8, 4) is 5.75 Å². The second-order valence-corrected chi connectivity index (χ2v) is 3.55. The number of carboxylic acids is 1. The van der Waals surface area contributed by atoms with Crippen LogP contribution < -0.4 is 10.1 Å². The highest BCUT2D eigenvalue weighted by Gasteiger charge is 2.11. The van der Waals surface area contributed by atoms with Gasteiger partial charge in [0.25, 0.3) is 0 Å². The van der Waals surface area contributed by atoms with Crippen molar-refractivity contribution < 1.29 is 14.6 Å². The van der Waals surface area contributed by atoms with Crippen LogP contribution in [0.25, 0.3) is 0 Å². The normalized spacial score (nSPS) is 12.4. The molecule has 1 aliphatic rings. The van der Waals surface area contributed by atoms with Crippen LogP contribution in [-0.2, 0) is 4.79 Å². The number of rotatable bonds is 1. The first-order chi connectivity index (χ1) is 7.65. The number of carboxylic acid groups (broad SMARTS) is 1.